The van der Waals surface area contributed by atoms with Crippen LogP contribution in [0, 0.1) is 24.0 Å². The van der Waals surface area contributed by atoms with Crippen LogP contribution in [0.4, 0.5) is 11.4 Å². The molecule has 40 heavy (non-hydrogen) atoms. The Morgan fingerprint density at radius 1 is 1.12 bits per heavy atom. The number of aryl methyl sites for hydroxylation is 1. The third-order valence-electron chi connectivity index (χ3n) is 6.97. The van der Waals surface area contributed by atoms with Crippen molar-refractivity contribution < 1.29 is 14.5 Å². The van der Waals surface area contributed by atoms with Crippen LogP contribution in [0.15, 0.2) is 79.0 Å². The monoisotopic (exact) mass is 556 g/mol. The molecule has 0 unspecified atom stereocenters. The molecule has 1 fully saturated rings. The highest BCUT2D eigenvalue weighted by atomic mass is 32.1. The Balaban J connectivity index is 1.57. The van der Waals surface area contributed by atoms with Gasteiger partial charge in [0, 0.05) is 29.3 Å². The summed E-state index contributed by atoms with van der Waals surface area (Å²) in [6.45, 7) is 3.96. The normalized spacial score (nSPS) is 16.5. The van der Waals surface area contributed by atoms with Gasteiger partial charge in [0.15, 0.2) is 5.11 Å². The maximum absolute atomic E-state index is 13.2. The molecule has 204 valence electrons. The van der Waals surface area contributed by atoms with E-state index in [2.05, 4.69) is 21.7 Å². The molecule has 10 nitrogen and oxygen atoms in total. The average molecular weight is 557 g/mol. The molecule has 1 aliphatic rings. The molecule has 0 bridgehead atoms. The van der Waals surface area contributed by atoms with Crippen LogP contribution in [-0.4, -0.2) is 44.0 Å². The summed E-state index contributed by atoms with van der Waals surface area (Å²) in [4.78, 5) is 30.5. The Kier molecular flexibility index (Phi) is 7.47. The predicted molar refractivity (Wildman–Crippen MR) is 156 cm³/mol. The van der Waals surface area contributed by atoms with Crippen LogP contribution in [0.1, 0.15) is 34.7 Å². The highest BCUT2D eigenvalue weighted by Gasteiger charge is 2.42. The zero-order chi connectivity index (χ0) is 28.4. The van der Waals surface area contributed by atoms with Crippen molar-refractivity contribution in [3.05, 3.63) is 112 Å². The van der Waals surface area contributed by atoms with Crippen LogP contribution in [0.3, 0.4) is 0 Å². The van der Waals surface area contributed by atoms with Gasteiger partial charge in [-0.25, -0.2) is 0 Å². The van der Waals surface area contributed by atoms with Gasteiger partial charge >= 0.3 is 0 Å². The number of para-hydroxylation sites is 1. The van der Waals surface area contributed by atoms with Crippen LogP contribution < -0.4 is 15.4 Å². The summed E-state index contributed by atoms with van der Waals surface area (Å²) in [6, 6.07) is 20.9. The number of aromatic nitrogens is 2. The Morgan fingerprint density at radius 2 is 1.88 bits per heavy atom. The Labute approximate surface area is 236 Å². The van der Waals surface area contributed by atoms with Gasteiger partial charge in [-0.15, -0.1) is 0 Å². The number of thiocarbonyl (C=S) groups is 1. The summed E-state index contributed by atoms with van der Waals surface area (Å²) in [5.41, 5.74) is 4.82. The van der Waals surface area contributed by atoms with Crippen LogP contribution in [0.5, 0.6) is 5.75 Å². The number of nitro benzene ring substituents is 1. The number of non-ortho nitro benzene ring substituents is 1. The van der Waals surface area contributed by atoms with Crippen LogP contribution in [-0.2, 0) is 4.79 Å². The third-order valence-corrected chi connectivity index (χ3v) is 7.33. The molecule has 2 atom stereocenters. The lowest BCUT2D eigenvalue weighted by molar-refractivity contribution is -0.384. The lowest BCUT2D eigenvalue weighted by Crippen LogP contribution is -2.37. The second kappa shape index (κ2) is 11.1. The smallest absolute Gasteiger partial charge is 0.273 e. The lowest BCUT2D eigenvalue weighted by atomic mass is 9.96. The molecule has 0 aliphatic carbocycles. The summed E-state index contributed by atoms with van der Waals surface area (Å²) in [5.74, 6) is 0.177. The van der Waals surface area contributed by atoms with Crippen LogP contribution in [0.25, 0.3) is 5.69 Å². The molecule has 4 aromatic rings. The zero-order valence-electron chi connectivity index (χ0n) is 22.2. The SMILES string of the molecule is COc1cc([N+](=O)[O-])ccc1-n1c(C)cc([C@@H]2[C@@H](c3ccccn3)NC(=S)N2CC(=O)Nc2ccccc2)c1C. The molecule has 0 radical (unpaired) electrons. The zero-order valence-corrected chi connectivity index (χ0v) is 23.0. The minimum Gasteiger partial charge on any atom is -0.494 e. The van der Waals surface area contributed by atoms with Crippen molar-refractivity contribution >= 4 is 34.6 Å². The summed E-state index contributed by atoms with van der Waals surface area (Å²) in [5, 5.41) is 18.1. The van der Waals surface area contributed by atoms with Gasteiger partial charge in [-0.1, -0.05) is 24.3 Å². The van der Waals surface area contributed by atoms with Crippen molar-refractivity contribution in [1.29, 1.82) is 0 Å². The minimum absolute atomic E-state index is 0.0270. The second-order valence-electron chi connectivity index (χ2n) is 9.44. The van der Waals surface area contributed by atoms with Gasteiger partial charge in [0.1, 0.15) is 12.3 Å². The fourth-order valence-corrected chi connectivity index (χ4v) is 5.52. The van der Waals surface area contributed by atoms with Crippen molar-refractivity contribution in [3.8, 4) is 11.4 Å². The van der Waals surface area contributed by atoms with Gasteiger partial charge in [-0.2, -0.15) is 0 Å². The molecule has 3 heterocycles. The van der Waals surface area contributed by atoms with Gasteiger partial charge in [0.25, 0.3) is 5.69 Å². The number of rotatable bonds is 8. The number of methoxy groups -OCH3 is 1. The molecule has 2 aromatic carbocycles. The van der Waals surface area contributed by atoms with Crippen molar-refractivity contribution in [2.75, 3.05) is 19.0 Å². The van der Waals surface area contributed by atoms with E-state index in [4.69, 9.17) is 17.0 Å². The van der Waals surface area contributed by atoms with Gasteiger partial charge in [-0.3, -0.25) is 19.9 Å². The average Bonchev–Trinajstić information content (AvgIpc) is 3.43. The molecule has 2 N–H and O–H groups in total. The number of hydrogen-bond donors (Lipinski definition) is 2. The number of amides is 1. The summed E-state index contributed by atoms with van der Waals surface area (Å²) in [7, 11) is 1.49. The molecule has 1 aliphatic heterocycles. The number of benzene rings is 2. The lowest BCUT2D eigenvalue weighted by Gasteiger charge is -2.27. The predicted octanol–water partition coefficient (Wildman–Crippen LogP) is 5.02. The van der Waals surface area contributed by atoms with Crippen molar-refractivity contribution in [2.24, 2.45) is 0 Å². The Bertz CT molecular complexity index is 1570. The second-order valence-corrected chi connectivity index (χ2v) is 9.83. The number of nitrogens with zero attached hydrogens (tertiary/aromatic N) is 4. The van der Waals surface area contributed by atoms with Crippen LogP contribution >= 0.6 is 12.2 Å². The van der Waals surface area contributed by atoms with Crippen molar-refractivity contribution in [1.82, 2.24) is 19.8 Å². The summed E-state index contributed by atoms with van der Waals surface area (Å²) >= 11 is 5.75. The molecule has 1 saturated heterocycles. The first kappa shape index (κ1) is 26.8. The summed E-state index contributed by atoms with van der Waals surface area (Å²) < 4.78 is 7.54. The van der Waals surface area contributed by atoms with E-state index >= 15 is 0 Å². The Hall–Kier alpha value is -4.77. The van der Waals surface area contributed by atoms with E-state index < -0.39 is 4.92 Å². The minimum atomic E-state index is -0.450. The number of anilines is 1. The van der Waals surface area contributed by atoms with Crippen molar-refractivity contribution in [3.63, 3.8) is 0 Å². The number of hydrogen-bond acceptors (Lipinski definition) is 6. The molecule has 0 saturated carbocycles. The van der Waals surface area contributed by atoms with E-state index in [0.29, 0.717) is 22.2 Å². The molecular formula is C29H28N6O4S. The highest BCUT2D eigenvalue weighted by Crippen LogP contribution is 2.42. The van der Waals surface area contributed by atoms with Gasteiger partial charge in [0.05, 0.1) is 41.6 Å². The molecule has 1 amide bonds. The molecule has 11 heteroatoms. The Morgan fingerprint density at radius 3 is 2.55 bits per heavy atom. The van der Waals surface area contributed by atoms with E-state index in [1.807, 2.05) is 71.8 Å². The van der Waals surface area contributed by atoms with E-state index in [0.717, 1.165) is 22.6 Å². The topological polar surface area (TPSA) is 115 Å². The first-order valence-corrected chi connectivity index (χ1v) is 13.0. The summed E-state index contributed by atoms with van der Waals surface area (Å²) in [6.07, 6.45) is 1.73. The molecular weight excluding hydrogens is 528 g/mol. The number of carbonyl (C=O) groups excluding carboxylic acids is 1. The number of ether oxygens (including phenoxy) is 1. The van der Waals surface area contributed by atoms with Crippen LogP contribution in [0.2, 0.25) is 0 Å². The molecule has 2 aromatic heterocycles. The molecule has 0 spiro atoms. The number of carbonyl (C=O) groups is 1. The van der Waals surface area contributed by atoms with E-state index in [9.17, 15) is 14.9 Å². The standard InChI is InChI=1S/C29H28N6O4S/c1-18-15-22(19(2)34(18)24-13-12-21(35(37)38)16-25(24)39-3)28-27(23-11-7-8-14-30-23)32-29(40)33(28)17-26(36)31-20-9-5-4-6-10-20/h4-16,27-28H,17H2,1-3H3,(H,31,36)(H,32,40)/t27-,28-/m1/s1. The highest BCUT2D eigenvalue weighted by molar-refractivity contribution is 7.80. The van der Waals surface area contributed by atoms with Gasteiger partial charge < -0.3 is 24.8 Å². The van der Waals surface area contributed by atoms with E-state index in [1.165, 1.54) is 19.2 Å². The fourth-order valence-electron chi connectivity index (χ4n) is 5.21. The third kappa shape index (κ3) is 5.10. The number of nitro groups is 1. The quantitative estimate of drug-likeness (QED) is 0.177. The van der Waals surface area contributed by atoms with Crippen molar-refractivity contribution in [2.45, 2.75) is 25.9 Å². The maximum atomic E-state index is 13.2. The molecule has 5 rings (SSSR count). The maximum Gasteiger partial charge on any atom is 0.273 e. The van der Waals surface area contributed by atoms with E-state index in [1.54, 1.807) is 12.3 Å². The largest absolute Gasteiger partial charge is 0.494 e. The fraction of sp³-hybridized carbons (Fsp3) is 0.207. The number of nitrogens with one attached hydrogen (secondary N) is 2. The first-order valence-electron chi connectivity index (χ1n) is 12.6. The van der Waals surface area contributed by atoms with Gasteiger partial charge in [0.2, 0.25) is 5.91 Å². The first-order chi connectivity index (χ1) is 19.3. The van der Waals surface area contributed by atoms with E-state index in [-0.39, 0.29) is 30.2 Å². The number of pyridine rings is 1. The van der Waals surface area contributed by atoms with Gasteiger partial charge in [-0.05, 0) is 68.0 Å².